The number of nitrogens with zero attached hydrogens (tertiary/aromatic N) is 1. The van der Waals surface area contributed by atoms with Gasteiger partial charge in [-0.25, -0.2) is 0 Å². The molecule has 98 valence electrons. The van der Waals surface area contributed by atoms with Gasteiger partial charge in [-0.3, -0.25) is 9.69 Å². The minimum Gasteiger partial charge on any atom is -0.496 e. The number of ether oxygens (including phenoxy) is 1. The molecule has 0 aliphatic heterocycles. The Morgan fingerprint density at radius 3 is 2.89 bits per heavy atom. The molecule has 1 fully saturated rings. The maximum atomic E-state index is 10.8. The van der Waals surface area contributed by atoms with Crippen LogP contribution in [0.25, 0.3) is 0 Å². The highest BCUT2D eigenvalue weighted by Crippen LogP contribution is 2.36. The summed E-state index contributed by atoms with van der Waals surface area (Å²) in [5.74, 6) is -0.0845. The summed E-state index contributed by atoms with van der Waals surface area (Å²) >= 11 is 3.43. The lowest BCUT2D eigenvalue weighted by Crippen LogP contribution is -2.23. The topological polar surface area (TPSA) is 49.8 Å². The van der Waals surface area contributed by atoms with Crippen molar-refractivity contribution < 1.29 is 14.6 Å². The first-order chi connectivity index (χ1) is 8.52. The molecule has 1 aliphatic carbocycles. The number of carboxylic acid groups (broad SMARTS) is 1. The Balaban J connectivity index is 2.05. The zero-order chi connectivity index (χ0) is 13.3. The van der Waals surface area contributed by atoms with E-state index >= 15 is 0 Å². The van der Waals surface area contributed by atoms with E-state index in [9.17, 15) is 4.79 Å². The average molecular weight is 314 g/mol. The smallest absolute Gasteiger partial charge is 0.308 e. The van der Waals surface area contributed by atoms with Crippen LogP contribution in [0.4, 0.5) is 0 Å². The molecule has 4 nitrogen and oxygen atoms in total. The van der Waals surface area contributed by atoms with Crippen LogP contribution in [0.3, 0.4) is 0 Å². The van der Waals surface area contributed by atoms with Crippen molar-refractivity contribution in [2.45, 2.75) is 19.0 Å². The molecular weight excluding hydrogens is 298 g/mol. The van der Waals surface area contributed by atoms with Gasteiger partial charge < -0.3 is 9.84 Å². The van der Waals surface area contributed by atoms with Gasteiger partial charge in [-0.05, 0) is 31.7 Å². The first-order valence-electron chi connectivity index (χ1n) is 5.78. The molecule has 1 aromatic carbocycles. The summed E-state index contributed by atoms with van der Waals surface area (Å²) in [7, 11) is 3.60. The Kier molecular flexibility index (Phi) is 3.92. The van der Waals surface area contributed by atoms with Gasteiger partial charge in [-0.1, -0.05) is 15.9 Å². The minimum atomic E-state index is -0.701. The number of aliphatic carboxylic acids is 1. The lowest BCUT2D eigenvalue weighted by molar-refractivity contribution is -0.138. The molecule has 0 saturated heterocycles. The van der Waals surface area contributed by atoms with Crippen LogP contribution in [0, 0.1) is 5.92 Å². The molecule has 2 unspecified atom stereocenters. The van der Waals surface area contributed by atoms with Crippen LogP contribution in [0.2, 0.25) is 0 Å². The number of hydrogen-bond donors (Lipinski definition) is 1. The van der Waals surface area contributed by atoms with Crippen molar-refractivity contribution in [3.8, 4) is 5.75 Å². The predicted octanol–water partition coefficient (Wildman–Crippen LogP) is 2.36. The average Bonchev–Trinajstić information content (AvgIpc) is 3.09. The normalized spacial score (nSPS) is 22.0. The fraction of sp³-hybridized carbons (Fsp3) is 0.462. The number of rotatable bonds is 5. The Morgan fingerprint density at radius 2 is 2.33 bits per heavy atom. The first kappa shape index (κ1) is 13.4. The van der Waals surface area contributed by atoms with Crippen molar-refractivity contribution >= 4 is 21.9 Å². The van der Waals surface area contributed by atoms with Crippen LogP contribution in [-0.4, -0.2) is 36.2 Å². The zero-order valence-electron chi connectivity index (χ0n) is 10.4. The second-order valence-corrected chi connectivity index (χ2v) is 5.53. The monoisotopic (exact) mass is 313 g/mol. The molecule has 1 aliphatic rings. The molecule has 18 heavy (non-hydrogen) atoms. The molecular formula is C13H16BrNO3. The lowest BCUT2D eigenvalue weighted by atomic mass is 10.2. The molecule has 0 bridgehead atoms. The Bertz CT molecular complexity index is 464. The third-order valence-corrected chi connectivity index (χ3v) is 3.80. The summed E-state index contributed by atoms with van der Waals surface area (Å²) in [6.07, 6.45) is 0.738. The van der Waals surface area contributed by atoms with Crippen LogP contribution < -0.4 is 4.74 Å². The maximum absolute atomic E-state index is 10.8. The number of methoxy groups -OCH3 is 1. The SMILES string of the molecule is COc1ccc(Br)cc1CN(C)C1CC1C(=O)O. The molecule has 0 heterocycles. The second kappa shape index (κ2) is 5.28. The molecule has 1 aromatic rings. The molecule has 0 spiro atoms. The van der Waals surface area contributed by atoms with Crippen LogP contribution in [0.15, 0.2) is 22.7 Å². The Morgan fingerprint density at radius 1 is 1.61 bits per heavy atom. The first-order valence-corrected chi connectivity index (χ1v) is 6.57. The molecule has 1 N–H and O–H groups in total. The van der Waals surface area contributed by atoms with E-state index in [-0.39, 0.29) is 12.0 Å². The van der Waals surface area contributed by atoms with Crippen LogP contribution in [0.5, 0.6) is 5.75 Å². The van der Waals surface area contributed by atoms with Crippen LogP contribution in [-0.2, 0) is 11.3 Å². The summed E-state index contributed by atoms with van der Waals surface area (Å²) in [6, 6.07) is 5.99. The summed E-state index contributed by atoms with van der Waals surface area (Å²) in [5.41, 5.74) is 1.06. The molecule has 2 rings (SSSR count). The third-order valence-electron chi connectivity index (χ3n) is 3.30. The van der Waals surface area contributed by atoms with E-state index in [0.717, 1.165) is 22.2 Å². The quantitative estimate of drug-likeness (QED) is 0.906. The number of carbonyl (C=O) groups is 1. The fourth-order valence-corrected chi connectivity index (χ4v) is 2.60. The van der Waals surface area contributed by atoms with Gasteiger partial charge in [0.05, 0.1) is 13.0 Å². The largest absolute Gasteiger partial charge is 0.496 e. The van der Waals surface area contributed by atoms with Crippen molar-refractivity contribution in [2.24, 2.45) is 5.92 Å². The summed E-state index contributed by atoms with van der Waals surface area (Å²) < 4.78 is 6.31. The van der Waals surface area contributed by atoms with Gasteiger partial charge in [0.1, 0.15) is 5.75 Å². The second-order valence-electron chi connectivity index (χ2n) is 4.62. The van der Waals surface area contributed by atoms with Crippen molar-refractivity contribution in [2.75, 3.05) is 14.2 Å². The Hall–Kier alpha value is -1.07. The highest BCUT2D eigenvalue weighted by atomic mass is 79.9. The molecule has 0 amide bonds. The highest BCUT2D eigenvalue weighted by molar-refractivity contribution is 9.10. The van der Waals surface area contributed by atoms with Gasteiger partial charge in [0.2, 0.25) is 0 Å². The van der Waals surface area contributed by atoms with E-state index in [0.29, 0.717) is 6.54 Å². The van der Waals surface area contributed by atoms with E-state index in [4.69, 9.17) is 9.84 Å². The minimum absolute atomic E-state index is 0.145. The third kappa shape index (κ3) is 2.84. The summed E-state index contributed by atoms with van der Waals surface area (Å²) in [6.45, 7) is 0.692. The van der Waals surface area contributed by atoms with Gasteiger partial charge in [0.15, 0.2) is 0 Å². The lowest BCUT2D eigenvalue weighted by Gasteiger charge is -2.18. The van der Waals surface area contributed by atoms with Gasteiger partial charge in [-0.2, -0.15) is 0 Å². The number of halogens is 1. The maximum Gasteiger partial charge on any atom is 0.308 e. The predicted molar refractivity (Wildman–Crippen MR) is 71.7 cm³/mol. The van der Waals surface area contributed by atoms with Crippen LogP contribution >= 0.6 is 15.9 Å². The van der Waals surface area contributed by atoms with E-state index in [1.165, 1.54) is 0 Å². The Labute approximate surface area is 115 Å². The van der Waals surface area contributed by atoms with E-state index in [2.05, 4.69) is 20.8 Å². The number of carboxylic acids is 1. The van der Waals surface area contributed by atoms with E-state index in [1.807, 2.05) is 25.2 Å². The van der Waals surface area contributed by atoms with Crippen molar-refractivity contribution in [3.63, 3.8) is 0 Å². The van der Waals surface area contributed by atoms with Crippen molar-refractivity contribution in [1.29, 1.82) is 0 Å². The molecule has 5 heteroatoms. The van der Waals surface area contributed by atoms with E-state index in [1.54, 1.807) is 7.11 Å². The summed E-state index contributed by atoms with van der Waals surface area (Å²) in [4.78, 5) is 12.9. The van der Waals surface area contributed by atoms with Gasteiger partial charge in [0.25, 0.3) is 0 Å². The van der Waals surface area contributed by atoms with Gasteiger partial charge in [-0.15, -0.1) is 0 Å². The van der Waals surface area contributed by atoms with Crippen molar-refractivity contribution in [1.82, 2.24) is 4.90 Å². The van der Waals surface area contributed by atoms with Gasteiger partial charge in [0, 0.05) is 22.6 Å². The van der Waals surface area contributed by atoms with E-state index < -0.39 is 5.97 Å². The molecule has 0 radical (unpaired) electrons. The highest BCUT2D eigenvalue weighted by Gasteiger charge is 2.45. The number of benzene rings is 1. The van der Waals surface area contributed by atoms with Gasteiger partial charge >= 0.3 is 5.97 Å². The molecule has 0 aromatic heterocycles. The summed E-state index contributed by atoms with van der Waals surface area (Å²) in [5, 5.41) is 8.92. The van der Waals surface area contributed by atoms with Crippen LogP contribution in [0.1, 0.15) is 12.0 Å². The molecule has 1 saturated carbocycles. The fourth-order valence-electron chi connectivity index (χ4n) is 2.19. The van der Waals surface area contributed by atoms with Crippen molar-refractivity contribution in [3.05, 3.63) is 28.2 Å². The molecule has 2 atom stereocenters. The standard InChI is InChI=1S/C13H16BrNO3/c1-15(11-6-10(11)13(16)17)7-8-5-9(14)3-4-12(8)18-2/h3-5,10-11H,6-7H2,1-2H3,(H,16,17). The zero-order valence-corrected chi connectivity index (χ0v) is 12.0. The number of hydrogen-bond acceptors (Lipinski definition) is 3.